The van der Waals surface area contributed by atoms with Crippen LogP contribution in [0.3, 0.4) is 0 Å². The largest absolute Gasteiger partial charge is 0.309 e. The number of anilines is 1. The van der Waals surface area contributed by atoms with Gasteiger partial charge in [-0.3, -0.25) is 9.59 Å². The number of pyridine rings is 1. The van der Waals surface area contributed by atoms with E-state index in [1.54, 1.807) is 12.1 Å². The molecular weight excluding hydrogens is 220 g/mol. The Hall–Kier alpha value is -2.24. The molecule has 6 heteroatoms. The number of nitrogens with one attached hydrogen (secondary N) is 1. The summed E-state index contributed by atoms with van der Waals surface area (Å²) in [6.45, 7) is 4.61. The zero-order valence-corrected chi connectivity index (χ0v) is 9.81. The number of fused-ring (bicyclic) bond motifs is 1. The van der Waals surface area contributed by atoms with E-state index in [4.69, 9.17) is 0 Å². The fourth-order valence-corrected chi connectivity index (χ4v) is 1.57. The first-order chi connectivity index (χ1) is 7.99. The molecule has 0 saturated carbocycles. The number of carbonyl (C=O) groups is 2. The Kier molecular flexibility index (Phi) is 2.63. The van der Waals surface area contributed by atoms with Crippen LogP contribution in [0.15, 0.2) is 12.1 Å². The summed E-state index contributed by atoms with van der Waals surface area (Å²) in [5, 5.41) is 7.28. The Labute approximate surface area is 97.6 Å². The van der Waals surface area contributed by atoms with Crippen molar-refractivity contribution >= 4 is 28.7 Å². The van der Waals surface area contributed by atoms with Crippen molar-refractivity contribution in [3.8, 4) is 0 Å². The third-order valence-corrected chi connectivity index (χ3v) is 2.26. The molecule has 6 nitrogen and oxygen atoms in total. The van der Waals surface area contributed by atoms with Gasteiger partial charge in [0.2, 0.25) is 11.8 Å². The summed E-state index contributed by atoms with van der Waals surface area (Å²) in [5.74, 6) is -0.124. The van der Waals surface area contributed by atoms with E-state index >= 15 is 0 Å². The molecule has 0 radical (unpaired) electrons. The summed E-state index contributed by atoms with van der Waals surface area (Å²) < 4.78 is 1.19. The highest BCUT2D eigenvalue weighted by molar-refractivity contribution is 6.00. The van der Waals surface area contributed by atoms with Crippen molar-refractivity contribution in [2.75, 3.05) is 5.32 Å². The number of nitrogens with zero attached hydrogens (tertiary/aromatic N) is 3. The molecule has 0 aromatic carbocycles. The summed E-state index contributed by atoms with van der Waals surface area (Å²) in [6, 6.07) is 3.59. The van der Waals surface area contributed by atoms with E-state index in [2.05, 4.69) is 15.4 Å². The molecule has 0 spiro atoms. The molecule has 0 aliphatic carbocycles. The van der Waals surface area contributed by atoms with Crippen molar-refractivity contribution in [2.45, 2.75) is 20.8 Å². The van der Waals surface area contributed by atoms with Gasteiger partial charge in [-0.2, -0.15) is 4.68 Å². The average Bonchev–Trinajstić information content (AvgIpc) is 2.55. The van der Waals surface area contributed by atoms with Gasteiger partial charge in [0.1, 0.15) is 0 Å². The lowest BCUT2D eigenvalue weighted by Gasteiger charge is -1.96. The van der Waals surface area contributed by atoms with Crippen molar-refractivity contribution < 1.29 is 9.59 Å². The maximum absolute atomic E-state index is 11.4. The summed E-state index contributed by atoms with van der Waals surface area (Å²) in [5.41, 5.74) is 1.25. The maximum Gasteiger partial charge on any atom is 0.245 e. The first kappa shape index (κ1) is 11.3. The van der Waals surface area contributed by atoms with Crippen LogP contribution in [0.5, 0.6) is 0 Å². The number of rotatable bonds is 1. The Bertz CT molecular complexity index is 615. The number of aromatic nitrogens is 3. The summed E-state index contributed by atoms with van der Waals surface area (Å²) in [7, 11) is 0. The minimum absolute atomic E-state index is 0.235. The molecule has 2 aromatic rings. The first-order valence-corrected chi connectivity index (χ1v) is 5.14. The first-order valence-electron chi connectivity index (χ1n) is 5.14. The third kappa shape index (κ3) is 2.01. The monoisotopic (exact) mass is 232 g/mol. The Morgan fingerprint density at radius 3 is 2.59 bits per heavy atom. The number of amides is 1. The van der Waals surface area contributed by atoms with Crippen LogP contribution in [0.25, 0.3) is 11.0 Å². The van der Waals surface area contributed by atoms with Gasteiger partial charge in [0.15, 0.2) is 11.5 Å². The van der Waals surface area contributed by atoms with Gasteiger partial charge in [-0.05, 0) is 19.1 Å². The Balaban J connectivity index is 2.70. The minimum Gasteiger partial charge on any atom is -0.309 e. The van der Waals surface area contributed by atoms with Gasteiger partial charge in [-0.15, -0.1) is 5.10 Å². The van der Waals surface area contributed by atoms with Gasteiger partial charge in [-0.25, -0.2) is 4.98 Å². The number of carbonyl (C=O) groups excluding carboxylic acids is 2. The van der Waals surface area contributed by atoms with Crippen molar-refractivity contribution in [1.29, 1.82) is 0 Å². The molecule has 0 saturated heterocycles. The fraction of sp³-hybridized carbons (Fsp3) is 0.273. The topological polar surface area (TPSA) is 76.9 Å². The molecule has 1 N–H and O–H groups in total. The fourth-order valence-electron chi connectivity index (χ4n) is 1.57. The van der Waals surface area contributed by atoms with Gasteiger partial charge in [0, 0.05) is 19.5 Å². The van der Waals surface area contributed by atoms with Crippen molar-refractivity contribution in [3.05, 3.63) is 17.8 Å². The van der Waals surface area contributed by atoms with Gasteiger partial charge in [-0.1, -0.05) is 0 Å². The number of aryl methyl sites for hydroxylation is 1. The van der Waals surface area contributed by atoms with Crippen molar-refractivity contribution in [1.82, 2.24) is 14.8 Å². The molecule has 17 heavy (non-hydrogen) atoms. The lowest BCUT2D eigenvalue weighted by Crippen LogP contribution is -2.10. The van der Waals surface area contributed by atoms with Crippen LogP contribution in [-0.2, 0) is 4.79 Å². The summed E-state index contributed by atoms with van der Waals surface area (Å²) in [6.07, 6.45) is 0. The predicted molar refractivity (Wildman–Crippen MR) is 62.9 cm³/mol. The maximum atomic E-state index is 11.4. The molecule has 0 unspecified atom stereocenters. The van der Waals surface area contributed by atoms with Gasteiger partial charge in [0.05, 0.1) is 5.39 Å². The number of hydrogen-bond donors (Lipinski definition) is 1. The molecule has 0 aliphatic heterocycles. The van der Waals surface area contributed by atoms with Crippen molar-refractivity contribution in [2.24, 2.45) is 0 Å². The molecule has 88 valence electrons. The minimum atomic E-state index is -0.246. The van der Waals surface area contributed by atoms with Crippen LogP contribution in [0.2, 0.25) is 0 Å². The highest BCUT2D eigenvalue weighted by Gasteiger charge is 2.15. The smallest absolute Gasteiger partial charge is 0.245 e. The summed E-state index contributed by atoms with van der Waals surface area (Å²) >= 11 is 0. The molecule has 0 fully saturated rings. The third-order valence-electron chi connectivity index (χ3n) is 2.26. The quantitative estimate of drug-likeness (QED) is 0.805. The second-order valence-electron chi connectivity index (χ2n) is 3.78. The molecule has 2 heterocycles. The zero-order chi connectivity index (χ0) is 12.6. The lowest BCUT2D eigenvalue weighted by atomic mass is 10.3. The normalized spacial score (nSPS) is 10.5. The summed E-state index contributed by atoms with van der Waals surface area (Å²) in [4.78, 5) is 26.7. The number of hydrogen-bond acceptors (Lipinski definition) is 4. The van der Waals surface area contributed by atoms with E-state index in [0.717, 1.165) is 5.69 Å². The second-order valence-corrected chi connectivity index (χ2v) is 3.78. The highest BCUT2D eigenvalue weighted by atomic mass is 16.2. The molecule has 0 aliphatic rings. The molecule has 2 rings (SSSR count). The Morgan fingerprint density at radius 2 is 2.00 bits per heavy atom. The Morgan fingerprint density at radius 1 is 1.29 bits per heavy atom. The van der Waals surface area contributed by atoms with Crippen LogP contribution in [-0.4, -0.2) is 26.6 Å². The molecule has 0 bridgehead atoms. The van der Waals surface area contributed by atoms with E-state index < -0.39 is 0 Å². The second kappa shape index (κ2) is 3.97. The average molecular weight is 232 g/mol. The van der Waals surface area contributed by atoms with E-state index in [1.807, 2.05) is 6.92 Å². The SMILES string of the molecule is CC(=O)Nc1nn(C(C)=O)c2nc(C)ccc12. The molecule has 0 atom stereocenters. The van der Waals surface area contributed by atoms with E-state index in [1.165, 1.54) is 18.5 Å². The van der Waals surface area contributed by atoms with Gasteiger partial charge >= 0.3 is 0 Å². The standard InChI is InChI=1S/C11H12N4O2/c1-6-4-5-9-10(13-7(2)16)14-15(8(3)17)11(9)12-6/h4-5H,1-3H3,(H,13,14,16). The predicted octanol–water partition coefficient (Wildman–Crippen LogP) is 1.36. The van der Waals surface area contributed by atoms with Crippen LogP contribution in [0.1, 0.15) is 24.3 Å². The van der Waals surface area contributed by atoms with E-state index in [-0.39, 0.29) is 11.8 Å². The van der Waals surface area contributed by atoms with Crippen molar-refractivity contribution in [3.63, 3.8) is 0 Å². The van der Waals surface area contributed by atoms with Crippen LogP contribution in [0.4, 0.5) is 5.82 Å². The molecule has 1 amide bonds. The highest BCUT2D eigenvalue weighted by Crippen LogP contribution is 2.21. The van der Waals surface area contributed by atoms with E-state index in [9.17, 15) is 9.59 Å². The molecule has 2 aromatic heterocycles. The van der Waals surface area contributed by atoms with Crippen LogP contribution >= 0.6 is 0 Å². The van der Waals surface area contributed by atoms with Gasteiger partial charge < -0.3 is 5.32 Å². The van der Waals surface area contributed by atoms with Crippen LogP contribution < -0.4 is 5.32 Å². The van der Waals surface area contributed by atoms with Gasteiger partial charge in [0.25, 0.3) is 0 Å². The van der Waals surface area contributed by atoms with Crippen LogP contribution in [0, 0.1) is 6.92 Å². The lowest BCUT2D eigenvalue weighted by molar-refractivity contribution is -0.114. The van der Waals surface area contributed by atoms with E-state index in [0.29, 0.717) is 16.9 Å². The zero-order valence-electron chi connectivity index (χ0n) is 9.81. The molecular formula is C11H12N4O2.